The molecule has 134 valence electrons. The van der Waals surface area contributed by atoms with Gasteiger partial charge in [-0.25, -0.2) is 14.5 Å². The molecule has 0 saturated heterocycles. The van der Waals surface area contributed by atoms with Crippen molar-refractivity contribution in [3.8, 4) is 17.3 Å². The first-order valence-electron chi connectivity index (χ1n) is 8.15. The van der Waals surface area contributed by atoms with Gasteiger partial charge in [-0.1, -0.05) is 12.1 Å². The van der Waals surface area contributed by atoms with E-state index in [9.17, 15) is 4.79 Å². The molecular weight excluding hydrogens is 346 g/mol. The molecule has 0 spiro atoms. The molecule has 3 heterocycles. The van der Waals surface area contributed by atoms with E-state index in [4.69, 9.17) is 4.42 Å². The number of carbonyl (C=O) groups excluding carboxylic acids is 1. The molecule has 1 aromatic carbocycles. The van der Waals surface area contributed by atoms with Gasteiger partial charge in [0.1, 0.15) is 0 Å². The largest absolute Gasteiger partial charge is 0.423 e. The Morgan fingerprint density at radius 1 is 1.15 bits per heavy atom. The number of hydrogen-bond acceptors (Lipinski definition) is 6. The molecule has 4 rings (SSSR count). The normalized spacial score (nSPS) is 10.5. The SMILES string of the molecule is O=C(NCc1cccnc1-n1cccn1)Nc1cccc(-c2nnco2)c1. The maximum atomic E-state index is 12.3. The van der Waals surface area contributed by atoms with E-state index in [1.165, 1.54) is 6.39 Å². The minimum atomic E-state index is -0.340. The van der Waals surface area contributed by atoms with Crippen LogP contribution in [-0.4, -0.2) is 31.0 Å². The Kier molecular flexibility index (Phi) is 4.56. The first kappa shape index (κ1) is 16.5. The summed E-state index contributed by atoms with van der Waals surface area (Å²) in [6, 6.07) is 12.3. The number of benzene rings is 1. The maximum Gasteiger partial charge on any atom is 0.319 e. The maximum absolute atomic E-state index is 12.3. The monoisotopic (exact) mass is 361 g/mol. The van der Waals surface area contributed by atoms with E-state index in [1.807, 2.05) is 24.3 Å². The number of amides is 2. The third-order valence-corrected chi connectivity index (χ3v) is 3.76. The Morgan fingerprint density at radius 3 is 2.93 bits per heavy atom. The third-order valence-electron chi connectivity index (χ3n) is 3.76. The van der Waals surface area contributed by atoms with E-state index < -0.39 is 0 Å². The summed E-state index contributed by atoms with van der Waals surface area (Å²) in [5.74, 6) is 1.06. The molecule has 0 radical (unpaired) electrons. The highest BCUT2D eigenvalue weighted by Gasteiger charge is 2.09. The predicted molar refractivity (Wildman–Crippen MR) is 97.0 cm³/mol. The van der Waals surface area contributed by atoms with Gasteiger partial charge in [-0.3, -0.25) is 0 Å². The van der Waals surface area contributed by atoms with Crippen molar-refractivity contribution in [2.24, 2.45) is 0 Å². The molecule has 0 atom stereocenters. The van der Waals surface area contributed by atoms with Gasteiger partial charge in [0.2, 0.25) is 12.3 Å². The Hall–Kier alpha value is -4.01. The van der Waals surface area contributed by atoms with E-state index in [0.717, 1.165) is 11.1 Å². The lowest BCUT2D eigenvalue weighted by atomic mass is 10.2. The van der Waals surface area contributed by atoms with E-state index >= 15 is 0 Å². The lowest BCUT2D eigenvalue weighted by Crippen LogP contribution is -2.28. The quantitative estimate of drug-likeness (QED) is 0.565. The second kappa shape index (κ2) is 7.48. The van der Waals surface area contributed by atoms with Crippen molar-refractivity contribution in [1.29, 1.82) is 0 Å². The van der Waals surface area contributed by atoms with Crippen LogP contribution in [0.25, 0.3) is 17.3 Å². The van der Waals surface area contributed by atoms with Crippen LogP contribution < -0.4 is 10.6 Å². The van der Waals surface area contributed by atoms with Gasteiger partial charge in [0.15, 0.2) is 5.82 Å². The lowest BCUT2D eigenvalue weighted by molar-refractivity contribution is 0.251. The molecule has 2 N–H and O–H groups in total. The second-order valence-electron chi connectivity index (χ2n) is 5.57. The summed E-state index contributed by atoms with van der Waals surface area (Å²) in [7, 11) is 0. The standard InChI is InChI=1S/C18H15N7O2/c26-18(23-15-6-1-4-13(10-15)17-24-21-12-27-17)20-11-14-5-2-7-19-16(14)25-9-3-8-22-25/h1-10,12H,11H2,(H2,20,23,26). The van der Waals surface area contributed by atoms with Crippen LogP contribution in [0.3, 0.4) is 0 Å². The summed E-state index contributed by atoms with van der Waals surface area (Å²) in [6.07, 6.45) is 6.42. The highest BCUT2D eigenvalue weighted by molar-refractivity contribution is 5.89. The fourth-order valence-electron chi connectivity index (χ4n) is 2.55. The molecule has 0 bridgehead atoms. The average Bonchev–Trinajstić information content (AvgIpc) is 3.41. The number of aromatic nitrogens is 5. The predicted octanol–water partition coefficient (Wildman–Crippen LogP) is 2.64. The van der Waals surface area contributed by atoms with Crippen molar-refractivity contribution in [3.05, 3.63) is 73.0 Å². The highest BCUT2D eigenvalue weighted by atomic mass is 16.4. The molecule has 0 aliphatic heterocycles. The summed E-state index contributed by atoms with van der Waals surface area (Å²) in [4.78, 5) is 16.6. The van der Waals surface area contributed by atoms with Crippen LogP contribution in [0.2, 0.25) is 0 Å². The minimum absolute atomic E-state index is 0.304. The Balaban J connectivity index is 1.42. The molecule has 27 heavy (non-hydrogen) atoms. The van der Waals surface area contributed by atoms with Crippen LogP contribution >= 0.6 is 0 Å². The molecule has 0 aliphatic rings. The zero-order valence-corrected chi connectivity index (χ0v) is 14.1. The Morgan fingerprint density at radius 2 is 2.11 bits per heavy atom. The first-order chi connectivity index (χ1) is 13.3. The fraction of sp³-hybridized carbons (Fsp3) is 0.0556. The first-order valence-corrected chi connectivity index (χ1v) is 8.15. The number of nitrogens with one attached hydrogen (secondary N) is 2. The minimum Gasteiger partial charge on any atom is -0.423 e. The lowest BCUT2D eigenvalue weighted by Gasteiger charge is -2.11. The van der Waals surface area contributed by atoms with Gasteiger partial charge in [-0.15, -0.1) is 10.2 Å². The summed E-state index contributed by atoms with van der Waals surface area (Å²) in [6.45, 7) is 0.304. The molecule has 0 aliphatic carbocycles. The summed E-state index contributed by atoms with van der Waals surface area (Å²) in [5.41, 5.74) is 2.18. The summed E-state index contributed by atoms with van der Waals surface area (Å²) in [5, 5.41) is 17.3. The van der Waals surface area contributed by atoms with Crippen molar-refractivity contribution in [2.75, 3.05) is 5.32 Å². The van der Waals surface area contributed by atoms with E-state index in [2.05, 4.69) is 30.9 Å². The molecule has 9 heteroatoms. The van der Waals surface area contributed by atoms with Gasteiger partial charge in [0, 0.05) is 41.9 Å². The van der Waals surface area contributed by atoms with E-state index in [-0.39, 0.29) is 6.03 Å². The van der Waals surface area contributed by atoms with Crippen LogP contribution in [0.5, 0.6) is 0 Å². The second-order valence-corrected chi connectivity index (χ2v) is 5.57. The molecular formula is C18H15N7O2. The summed E-state index contributed by atoms with van der Waals surface area (Å²) < 4.78 is 6.82. The number of hydrogen-bond donors (Lipinski definition) is 2. The number of rotatable bonds is 5. The molecule has 0 fully saturated rings. The van der Waals surface area contributed by atoms with E-state index in [1.54, 1.807) is 41.5 Å². The van der Waals surface area contributed by atoms with Crippen LogP contribution in [0.4, 0.5) is 10.5 Å². The zero-order chi connectivity index (χ0) is 18.5. The number of anilines is 1. The molecule has 3 aromatic heterocycles. The molecule has 0 saturated carbocycles. The number of urea groups is 1. The zero-order valence-electron chi connectivity index (χ0n) is 14.1. The van der Waals surface area contributed by atoms with Gasteiger partial charge in [0.25, 0.3) is 0 Å². The summed E-state index contributed by atoms with van der Waals surface area (Å²) >= 11 is 0. The molecule has 0 unspecified atom stereocenters. The van der Waals surface area contributed by atoms with Crippen molar-refractivity contribution in [1.82, 2.24) is 30.3 Å². The van der Waals surface area contributed by atoms with Gasteiger partial charge in [-0.05, 0) is 30.3 Å². The van der Waals surface area contributed by atoms with Crippen molar-refractivity contribution in [3.63, 3.8) is 0 Å². The average molecular weight is 361 g/mol. The third kappa shape index (κ3) is 3.82. The van der Waals surface area contributed by atoms with Crippen LogP contribution in [0, 0.1) is 0 Å². The topological polar surface area (TPSA) is 111 Å². The van der Waals surface area contributed by atoms with E-state index in [0.29, 0.717) is 23.9 Å². The van der Waals surface area contributed by atoms with Crippen LogP contribution in [0.1, 0.15) is 5.56 Å². The number of nitrogens with zero attached hydrogens (tertiary/aromatic N) is 5. The van der Waals surface area contributed by atoms with Gasteiger partial charge >= 0.3 is 6.03 Å². The Bertz CT molecular complexity index is 1030. The molecule has 9 nitrogen and oxygen atoms in total. The van der Waals surface area contributed by atoms with Crippen LogP contribution in [-0.2, 0) is 6.54 Å². The van der Waals surface area contributed by atoms with Gasteiger partial charge in [0.05, 0.1) is 0 Å². The number of carbonyl (C=O) groups is 1. The molecule has 2 amide bonds. The smallest absolute Gasteiger partial charge is 0.319 e. The molecule has 4 aromatic rings. The highest BCUT2D eigenvalue weighted by Crippen LogP contribution is 2.20. The van der Waals surface area contributed by atoms with Crippen molar-refractivity contribution < 1.29 is 9.21 Å². The van der Waals surface area contributed by atoms with Crippen LogP contribution in [0.15, 0.2) is 71.9 Å². The Labute approximate surface area is 154 Å². The van der Waals surface area contributed by atoms with Gasteiger partial charge < -0.3 is 15.1 Å². The van der Waals surface area contributed by atoms with Crippen molar-refractivity contribution in [2.45, 2.75) is 6.54 Å². The van der Waals surface area contributed by atoms with Gasteiger partial charge in [-0.2, -0.15) is 5.10 Å². The van der Waals surface area contributed by atoms with Crippen molar-refractivity contribution >= 4 is 11.7 Å². The number of pyridine rings is 1. The fourth-order valence-corrected chi connectivity index (χ4v) is 2.55.